The lowest BCUT2D eigenvalue weighted by Crippen LogP contribution is -2.53. The van der Waals surface area contributed by atoms with Crippen molar-refractivity contribution >= 4 is 27.8 Å². The molecular weight excluding hydrogens is 513 g/mol. The largest absolute Gasteiger partial charge is 0.495 e. The van der Waals surface area contributed by atoms with Gasteiger partial charge in [-0.15, -0.1) is 0 Å². The molecule has 0 amide bonds. The predicted octanol–water partition coefficient (Wildman–Crippen LogP) is 7.16. The number of hydrogen-bond acceptors (Lipinski definition) is 5. The van der Waals surface area contributed by atoms with Crippen molar-refractivity contribution in [3.05, 3.63) is 71.8 Å². The molecule has 37 heavy (non-hydrogen) atoms. The zero-order valence-corrected chi connectivity index (χ0v) is 21.1. The number of aryl methyl sites for hydroxylation is 1. The van der Waals surface area contributed by atoms with Crippen LogP contribution in [-0.4, -0.2) is 47.1 Å². The molecule has 2 aliphatic heterocycles. The number of amidine groups is 1. The molecule has 0 atom stereocenters. The first-order valence-electron chi connectivity index (χ1n) is 11.7. The van der Waals surface area contributed by atoms with Gasteiger partial charge in [0.2, 0.25) is 0 Å². The number of methoxy groups -OCH3 is 1. The number of halogens is 5. The number of nitrogens with zero attached hydrogens (tertiary/aromatic N) is 5. The van der Waals surface area contributed by atoms with Gasteiger partial charge in [0.1, 0.15) is 16.5 Å². The maximum Gasteiger partial charge on any atom is 0.310 e. The fourth-order valence-electron chi connectivity index (χ4n) is 4.62. The zero-order chi connectivity index (χ0) is 26.5. The highest BCUT2D eigenvalue weighted by atomic mass is 32.5. The maximum atomic E-state index is 13.2. The van der Waals surface area contributed by atoms with Crippen molar-refractivity contribution in [1.82, 2.24) is 14.6 Å². The summed E-state index contributed by atoms with van der Waals surface area (Å²) in [5, 5.41) is 3.71. The van der Waals surface area contributed by atoms with Crippen LogP contribution in [0.2, 0.25) is 0 Å². The van der Waals surface area contributed by atoms with E-state index in [1.165, 1.54) is 0 Å². The lowest BCUT2D eigenvalue weighted by Gasteiger charge is -2.45. The fraction of sp³-hybridized carbons (Fsp3) is 0.280. The number of benzene rings is 2. The first-order chi connectivity index (χ1) is 17.3. The minimum Gasteiger partial charge on any atom is -0.495 e. The van der Waals surface area contributed by atoms with Crippen LogP contribution in [0.1, 0.15) is 24.1 Å². The van der Waals surface area contributed by atoms with Crippen LogP contribution in [0.3, 0.4) is 0 Å². The topological polar surface area (TPSA) is 45.9 Å². The van der Waals surface area contributed by atoms with Gasteiger partial charge in [-0.3, -0.25) is 15.0 Å². The number of rotatable bonds is 5. The highest BCUT2D eigenvalue weighted by molar-refractivity contribution is 8.45. The van der Waals surface area contributed by atoms with Crippen molar-refractivity contribution in [3.63, 3.8) is 0 Å². The van der Waals surface area contributed by atoms with E-state index in [1.807, 2.05) is 47.0 Å². The summed E-state index contributed by atoms with van der Waals surface area (Å²) < 4.78 is 73.3. The molecule has 1 aromatic heterocycles. The Bertz CT molecular complexity index is 1400. The van der Waals surface area contributed by atoms with E-state index in [0.717, 1.165) is 53.3 Å². The van der Waals surface area contributed by atoms with Crippen LogP contribution in [0.15, 0.2) is 70.4 Å². The van der Waals surface area contributed by atoms with E-state index < -0.39 is 15.1 Å². The standard InChI is InChI=1S/C25H26F5N5OS/c1-18-16-33(17-32-18)23-10-5-19(15-24(23)36-2)14-20-4-3-12-35-25(20)31-11-13-34(35)21-6-8-22(9-7-21)37(26,27,28,29)30/h5-10,14-17H,3-4,11-13H2,1-2H3/b20-14+. The number of aromatic nitrogens is 2. The molecule has 5 rings (SSSR count). The van der Waals surface area contributed by atoms with Crippen molar-refractivity contribution in [3.8, 4) is 11.4 Å². The Morgan fingerprint density at radius 2 is 1.73 bits per heavy atom. The molecule has 0 aliphatic carbocycles. The molecule has 0 N–H and O–H groups in total. The Labute approximate surface area is 211 Å². The summed E-state index contributed by atoms with van der Waals surface area (Å²) in [6.45, 7) is 3.38. The van der Waals surface area contributed by atoms with Crippen LogP contribution in [0.25, 0.3) is 11.8 Å². The number of ether oxygens (including phenoxy) is 1. The van der Waals surface area contributed by atoms with Crippen molar-refractivity contribution in [2.24, 2.45) is 4.99 Å². The highest BCUT2D eigenvalue weighted by Gasteiger charge is 2.65. The molecule has 2 aromatic carbocycles. The normalized spacial score (nSPS) is 19.2. The van der Waals surface area contributed by atoms with Crippen molar-refractivity contribution < 1.29 is 24.2 Å². The molecule has 1 fully saturated rings. The molecule has 0 unspecified atom stereocenters. The summed E-state index contributed by atoms with van der Waals surface area (Å²) in [7, 11) is -8.12. The molecule has 0 spiro atoms. The van der Waals surface area contributed by atoms with Crippen LogP contribution in [0.4, 0.5) is 25.1 Å². The molecule has 198 valence electrons. The monoisotopic (exact) mass is 539 g/mol. The molecule has 0 bridgehead atoms. The van der Waals surface area contributed by atoms with E-state index in [2.05, 4.69) is 9.98 Å². The summed E-state index contributed by atoms with van der Waals surface area (Å²) in [6.07, 6.45) is 7.23. The Morgan fingerprint density at radius 3 is 2.38 bits per heavy atom. The van der Waals surface area contributed by atoms with Gasteiger partial charge in [0.05, 0.1) is 43.6 Å². The summed E-state index contributed by atoms with van der Waals surface area (Å²) in [4.78, 5) is 7.06. The van der Waals surface area contributed by atoms with Gasteiger partial charge in [-0.05, 0) is 73.4 Å². The number of hydrazine groups is 1. The minimum absolute atomic E-state index is 0.404. The second-order valence-electron chi connectivity index (χ2n) is 9.04. The summed E-state index contributed by atoms with van der Waals surface area (Å²) >= 11 is 0. The molecule has 12 heteroatoms. The third kappa shape index (κ3) is 5.15. The summed E-state index contributed by atoms with van der Waals surface area (Å²) in [5.74, 6) is 1.40. The number of anilines is 1. The van der Waals surface area contributed by atoms with E-state index in [1.54, 1.807) is 18.4 Å². The lowest BCUT2D eigenvalue weighted by atomic mass is 10.00. The average molecular weight is 540 g/mol. The SMILES string of the molecule is COc1cc(/C=C2\CCCN3C2=NCCN3c2ccc(S(F)(F)(F)(F)F)cc2)ccc1-n1cnc(C)c1. The van der Waals surface area contributed by atoms with Crippen LogP contribution in [0, 0.1) is 6.92 Å². The lowest BCUT2D eigenvalue weighted by molar-refractivity contribution is 0.347. The van der Waals surface area contributed by atoms with Gasteiger partial charge >= 0.3 is 10.2 Å². The number of imidazole rings is 1. The van der Waals surface area contributed by atoms with E-state index in [9.17, 15) is 19.4 Å². The number of piperidine rings is 1. The molecule has 0 radical (unpaired) electrons. The molecule has 3 aromatic rings. The average Bonchev–Trinajstić information content (AvgIpc) is 3.28. The Hall–Kier alpha value is -3.54. The Balaban J connectivity index is 1.42. The van der Waals surface area contributed by atoms with E-state index in [-0.39, 0.29) is 0 Å². The second kappa shape index (κ2) is 8.23. The smallest absolute Gasteiger partial charge is 0.310 e. The van der Waals surface area contributed by atoms with Crippen molar-refractivity contribution in [1.29, 1.82) is 0 Å². The van der Waals surface area contributed by atoms with Crippen LogP contribution in [0.5, 0.6) is 5.75 Å². The van der Waals surface area contributed by atoms with Crippen molar-refractivity contribution in [2.45, 2.75) is 24.7 Å². The van der Waals surface area contributed by atoms with Gasteiger partial charge in [-0.1, -0.05) is 25.5 Å². The van der Waals surface area contributed by atoms with Gasteiger partial charge < -0.3 is 9.30 Å². The molecule has 1 saturated heterocycles. The first kappa shape index (κ1) is 25.1. The number of aliphatic imine (C=N–C) groups is 1. The molecular formula is C25H26F5N5OS. The Kier molecular flexibility index (Phi) is 5.59. The van der Waals surface area contributed by atoms with Gasteiger partial charge in [-0.25, -0.2) is 4.98 Å². The minimum atomic E-state index is -9.72. The van der Waals surface area contributed by atoms with Crippen molar-refractivity contribution in [2.75, 3.05) is 31.8 Å². The quantitative estimate of drug-likeness (QED) is 0.323. The van der Waals surface area contributed by atoms with Crippen LogP contribution >= 0.6 is 10.2 Å². The Morgan fingerprint density at radius 1 is 0.973 bits per heavy atom. The van der Waals surface area contributed by atoms with E-state index in [0.29, 0.717) is 43.2 Å². The third-order valence-electron chi connectivity index (χ3n) is 6.33. The van der Waals surface area contributed by atoms with Crippen LogP contribution in [-0.2, 0) is 0 Å². The van der Waals surface area contributed by atoms with Gasteiger partial charge in [0, 0.05) is 12.7 Å². The first-order valence-corrected chi connectivity index (χ1v) is 13.6. The predicted molar refractivity (Wildman–Crippen MR) is 136 cm³/mol. The van der Waals surface area contributed by atoms with Gasteiger partial charge in [0.25, 0.3) is 0 Å². The number of hydrogen-bond donors (Lipinski definition) is 0. The van der Waals surface area contributed by atoms with Crippen LogP contribution < -0.4 is 9.75 Å². The second-order valence-corrected chi connectivity index (χ2v) is 11.5. The van der Waals surface area contributed by atoms with Gasteiger partial charge in [-0.2, -0.15) is 0 Å². The third-order valence-corrected chi connectivity index (χ3v) is 7.49. The zero-order valence-electron chi connectivity index (χ0n) is 20.3. The maximum absolute atomic E-state index is 13.2. The highest BCUT2D eigenvalue weighted by Crippen LogP contribution is 3.02. The number of fused-ring (bicyclic) bond motifs is 1. The fourth-order valence-corrected chi connectivity index (χ4v) is 5.27. The molecule has 0 saturated carbocycles. The van der Waals surface area contributed by atoms with E-state index >= 15 is 0 Å². The summed E-state index contributed by atoms with van der Waals surface area (Å²) in [6, 6.07) is 8.94. The van der Waals surface area contributed by atoms with Gasteiger partial charge in [0.15, 0.2) is 0 Å². The summed E-state index contributed by atoms with van der Waals surface area (Å²) in [5.41, 5.74) is 4.04. The molecule has 3 heterocycles. The van der Waals surface area contributed by atoms with E-state index in [4.69, 9.17) is 4.74 Å². The molecule has 2 aliphatic rings. The molecule has 6 nitrogen and oxygen atoms in total.